The van der Waals surface area contributed by atoms with Crippen molar-refractivity contribution in [2.45, 2.75) is 19.6 Å². The summed E-state index contributed by atoms with van der Waals surface area (Å²) in [6.45, 7) is 3.12. The Kier molecular flexibility index (Phi) is 3.02. The summed E-state index contributed by atoms with van der Waals surface area (Å²) >= 11 is 0. The molecular formula is C6H13N3O. The third-order valence-electron chi connectivity index (χ3n) is 0.771. The van der Waals surface area contributed by atoms with Crippen LogP contribution < -0.4 is 5.73 Å². The Morgan fingerprint density at radius 1 is 1.60 bits per heavy atom. The topological polar surface area (TPSA) is 71.0 Å². The molecule has 0 aromatic rings. The molecule has 0 aromatic carbocycles. The van der Waals surface area contributed by atoms with Gasteiger partial charge in [0.25, 0.3) is 0 Å². The summed E-state index contributed by atoms with van der Waals surface area (Å²) < 4.78 is 0. The molecule has 0 unspecified atom stereocenters. The van der Waals surface area contributed by atoms with Gasteiger partial charge in [0.15, 0.2) is 0 Å². The highest BCUT2D eigenvalue weighted by molar-refractivity contribution is 6.28. The summed E-state index contributed by atoms with van der Waals surface area (Å²) in [5.41, 5.74) is 4.21. The van der Waals surface area contributed by atoms with E-state index in [0.717, 1.165) is 0 Å². The first-order chi connectivity index (χ1) is 4.45. The lowest BCUT2D eigenvalue weighted by Gasteiger charge is -2.08. The second-order valence-electron chi connectivity index (χ2n) is 2.40. The first kappa shape index (κ1) is 9.10. The van der Waals surface area contributed by atoms with E-state index in [1.807, 2.05) is 0 Å². The normalized spacial score (nSPS) is 14.6. The number of hydrogen-bond acceptors (Lipinski definition) is 3. The Hall–Kier alpha value is -0.900. The molecule has 0 spiro atoms. The lowest BCUT2D eigenvalue weighted by Crippen LogP contribution is -2.19. The molecule has 0 rings (SSSR count). The zero-order chi connectivity index (χ0) is 8.20. The first-order valence-electron chi connectivity index (χ1n) is 2.95. The van der Waals surface area contributed by atoms with E-state index in [0.29, 0.717) is 5.84 Å². The fourth-order valence-electron chi connectivity index (χ4n) is 0.282. The molecule has 0 heterocycles. The van der Waals surface area contributed by atoms with Crippen LogP contribution in [0.3, 0.4) is 0 Å². The van der Waals surface area contributed by atoms with Gasteiger partial charge in [0, 0.05) is 7.05 Å². The lowest BCUT2D eigenvalue weighted by atomic mass is 10.3. The number of amidine groups is 1. The first-order valence-corrected chi connectivity index (χ1v) is 2.95. The van der Waals surface area contributed by atoms with Crippen molar-refractivity contribution >= 4 is 12.1 Å². The molecule has 0 atom stereocenters. The van der Waals surface area contributed by atoms with E-state index in [4.69, 9.17) is 10.8 Å². The Morgan fingerprint density at radius 3 is 2.40 bits per heavy atom. The molecule has 0 aliphatic carbocycles. The van der Waals surface area contributed by atoms with Gasteiger partial charge in [-0.1, -0.05) is 0 Å². The molecule has 0 aromatic heterocycles. The van der Waals surface area contributed by atoms with Gasteiger partial charge >= 0.3 is 0 Å². The molecular weight excluding hydrogens is 130 g/mol. The van der Waals surface area contributed by atoms with Crippen molar-refractivity contribution in [2.75, 3.05) is 7.05 Å². The number of aliphatic hydroxyl groups is 1. The van der Waals surface area contributed by atoms with Crippen LogP contribution in [0.5, 0.6) is 0 Å². The minimum atomic E-state index is -1.06. The van der Waals surface area contributed by atoms with E-state index < -0.39 is 5.72 Å². The maximum absolute atomic E-state index is 9.05. The Morgan fingerprint density at radius 2 is 2.10 bits per heavy atom. The molecule has 0 amide bonds. The van der Waals surface area contributed by atoms with Crippen LogP contribution in [-0.2, 0) is 0 Å². The van der Waals surface area contributed by atoms with Gasteiger partial charge in [-0.05, 0) is 13.8 Å². The Labute approximate surface area is 60.5 Å². The van der Waals surface area contributed by atoms with Crippen LogP contribution in [0, 0.1) is 0 Å². The molecule has 0 aliphatic heterocycles. The predicted molar refractivity (Wildman–Crippen MR) is 42.3 cm³/mol. The zero-order valence-corrected chi connectivity index (χ0v) is 6.50. The lowest BCUT2D eigenvalue weighted by molar-refractivity contribution is 0.0916. The SMILES string of the molecule is CN=C(N)C=NC(C)(C)O. The van der Waals surface area contributed by atoms with Crippen molar-refractivity contribution in [2.24, 2.45) is 15.7 Å². The average molecular weight is 143 g/mol. The Balaban J connectivity index is 4.01. The summed E-state index contributed by atoms with van der Waals surface area (Å²) in [7, 11) is 1.56. The van der Waals surface area contributed by atoms with Crippen LogP contribution >= 0.6 is 0 Å². The van der Waals surface area contributed by atoms with Crippen molar-refractivity contribution in [3.8, 4) is 0 Å². The van der Waals surface area contributed by atoms with Crippen molar-refractivity contribution < 1.29 is 5.11 Å². The van der Waals surface area contributed by atoms with Gasteiger partial charge in [0.1, 0.15) is 11.6 Å². The summed E-state index contributed by atoms with van der Waals surface area (Å²) in [6.07, 6.45) is 1.33. The number of nitrogens with two attached hydrogens (primary N) is 1. The van der Waals surface area contributed by atoms with Gasteiger partial charge in [-0.3, -0.25) is 9.98 Å². The Bertz CT molecular complexity index is 155. The largest absolute Gasteiger partial charge is 0.383 e. The molecule has 4 heteroatoms. The van der Waals surface area contributed by atoms with E-state index in [1.54, 1.807) is 20.9 Å². The third-order valence-corrected chi connectivity index (χ3v) is 0.771. The maximum atomic E-state index is 9.05. The van der Waals surface area contributed by atoms with E-state index in [-0.39, 0.29) is 0 Å². The van der Waals surface area contributed by atoms with Crippen molar-refractivity contribution in [3.05, 3.63) is 0 Å². The predicted octanol–water partition coefficient (Wildman–Crippen LogP) is -0.227. The molecule has 4 nitrogen and oxygen atoms in total. The van der Waals surface area contributed by atoms with Crippen LogP contribution in [0.4, 0.5) is 0 Å². The third kappa shape index (κ3) is 5.24. The maximum Gasteiger partial charge on any atom is 0.150 e. The summed E-state index contributed by atoms with van der Waals surface area (Å²) in [5, 5.41) is 9.05. The van der Waals surface area contributed by atoms with Gasteiger partial charge < -0.3 is 10.8 Å². The highest BCUT2D eigenvalue weighted by atomic mass is 16.3. The van der Waals surface area contributed by atoms with Crippen LogP contribution in [-0.4, -0.2) is 29.9 Å². The molecule has 0 radical (unpaired) electrons. The van der Waals surface area contributed by atoms with E-state index >= 15 is 0 Å². The van der Waals surface area contributed by atoms with E-state index in [2.05, 4.69) is 9.98 Å². The number of nitrogens with zero attached hydrogens (tertiary/aromatic N) is 2. The highest BCUT2D eigenvalue weighted by Gasteiger charge is 2.06. The zero-order valence-electron chi connectivity index (χ0n) is 6.50. The number of aliphatic imine (C=N–C) groups is 2. The van der Waals surface area contributed by atoms with Crippen LogP contribution in [0.2, 0.25) is 0 Å². The molecule has 0 saturated heterocycles. The quantitative estimate of drug-likeness (QED) is 0.414. The van der Waals surface area contributed by atoms with Gasteiger partial charge in [0.05, 0.1) is 6.21 Å². The molecule has 0 saturated carbocycles. The van der Waals surface area contributed by atoms with Crippen molar-refractivity contribution in [3.63, 3.8) is 0 Å². The molecule has 0 bridgehead atoms. The molecule has 3 N–H and O–H groups in total. The number of rotatable bonds is 2. The van der Waals surface area contributed by atoms with Gasteiger partial charge in [-0.15, -0.1) is 0 Å². The van der Waals surface area contributed by atoms with Gasteiger partial charge in [0.2, 0.25) is 0 Å². The minimum Gasteiger partial charge on any atom is -0.383 e. The van der Waals surface area contributed by atoms with Crippen molar-refractivity contribution in [1.29, 1.82) is 0 Å². The second kappa shape index (κ2) is 3.31. The fraction of sp³-hybridized carbons (Fsp3) is 0.667. The van der Waals surface area contributed by atoms with Crippen LogP contribution in [0.25, 0.3) is 0 Å². The van der Waals surface area contributed by atoms with Crippen molar-refractivity contribution in [1.82, 2.24) is 0 Å². The van der Waals surface area contributed by atoms with E-state index in [9.17, 15) is 0 Å². The highest BCUT2D eigenvalue weighted by Crippen LogP contribution is 1.99. The average Bonchev–Trinajstić information content (AvgIpc) is 1.81. The molecule has 10 heavy (non-hydrogen) atoms. The second-order valence-corrected chi connectivity index (χ2v) is 2.40. The van der Waals surface area contributed by atoms with Gasteiger partial charge in [-0.25, -0.2) is 0 Å². The fourth-order valence-corrected chi connectivity index (χ4v) is 0.282. The molecule has 0 fully saturated rings. The standard InChI is InChI=1S/C6H13N3O/c1-6(2,10)9-4-5(7)8-3/h4,10H,1-3H3,(H2,7,8). The summed E-state index contributed by atoms with van der Waals surface area (Å²) in [4.78, 5) is 7.33. The summed E-state index contributed by atoms with van der Waals surface area (Å²) in [6, 6.07) is 0. The molecule has 58 valence electrons. The van der Waals surface area contributed by atoms with E-state index in [1.165, 1.54) is 6.21 Å². The van der Waals surface area contributed by atoms with Crippen LogP contribution in [0.1, 0.15) is 13.8 Å². The smallest absolute Gasteiger partial charge is 0.150 e. The summed E-state index contributed by atoms with van der Waals surface area (Å²) in [5.74, 6) is 0.308. The molecule has 0 aliphatic rings. The van der Waals surface area contributed by atoms with Crippen LogP contribution in [0.15, 0.2) is 9.98 Å². The van der Waals surface area contributed by atoms with Gasteiger partial charge in [-0.2, -0.15) is 0 Å². The number of hydrogen-bond donors (Lipinski definition) is 2. The minimum absolute atomic E-state index is 0.308. The monoisotopic (exact) mass is 143 g/mol.